The maximum Gasteiger partial charge on any atom is 0.306 e. The van der Waals surface area contributed by atoms with E-state index in [1.807, 2.05) is 20.8 Å². The summed E-state index contributed by atoms with van der Waals surface area (Å²) < 4.78 is 0. The monoisotopic (exact) mass is 484 g/mol. The van der Waals surface area contributed by atoms with Gasteiger partial charge >= 0.3 is 11.9 Å². The number of aliphatic hydroxyl groups excluding tert-OH is 1. The van der Waals surface area contributed by atoms with Crippen LogP contribution in [-0.4, -0.2) is 33.4 Å². The molecule has 0 bridgehead atoms. The van der Waals surface area contributed by atoms with Crippen LogP contribution < -0.4 is 0 Å². The zero-order chi connectivity index (χ0) is 26.3. The Morgan fingerprint density at radius 1 is 1.14 bits per heavy atom. The number of carboxylic acid groups (broad SMARTS) is 2. The maximum absolute atomic E-state index is 12.5. The molecule has 194 valence electrons. The lowest BCUT2D eigenvalue weighted by Crippen LogP contribution is -2.48. The molecule has 5 heteroatoms. The van der Waals surface area contributed by atoms with E-state index < -0.39 is 29.4 Å². The van der Waals surface area contributed by atoms with Crippen LogP contribution in [0, 0.1) is 34.0 Å². The van der Waals surface area contributed by atoms with Gasteiger partial charge in [0.2, 0.25) is 0 Å². The fourth-order valence-corrected chi connectivity index (χ4v) is 7.77. The summed E-state index contributed by atoms with van der Waals surface area (Å²) >= 11 is 0. The number of hydrogen-bond acceptors (Lipinski definition) is 3. The molecule has 0 aromatic heterocycles. The lowest BCUT2D eigenvalue weighted by atomic mass is 9.48. The molecule has 0 radical (unpaired) electrons. The predicted molar refractivity (Wildman–Crippen MR) is 139 cm³/mol. The Balaban J connectivity index is 2.07. The van der Waals surface area contributed by atoms with Crippen LogP contribution in [0.15, 0.2) is 47.1 Å². The van der Waals surface area contributed by atoms with Crippen molar-refractivity contribution in [1.29, 1.82) is 0 Å². The van der Waals surface area contributed by atoms with Crippen molar-refractivity contribution in [2.45, 2.75) is 92.6 Å². The lowest BCUT2D eigenvalue weighted by molar-refractivity contribution is -0.148. The Morgan fingerprint density at radius 3 is 2.34 bits per heavy atom. The van der Waals surface area contributed by atoms with Crippen molar-refractivity contribution in [3.63, 3.8) is 0 Å². The molecule has 35 heavy (non-hydrogen) atoms. The molecule has 1 fully saturated rings. The smallest absolute Gasteiger partial charge is 0.306 e. The second-order valence-electron chi connectivity index (χ2n) is 12.2. The summed E-state index contributed by atoms with van der Waals surface area (Å²) in [6.07, 6.45) is 9.70. The Morgan fingerprint density at radius 2 is 1.80 bits per heavy atom. The quantitative estimate of drug-likeness (QED) is 0.323. The van der Waals surface area contributed by atoms with E-state index in [1.165, 1.54) is 16.7 Å². The van der Waals surface area contributed by atoms with Crippen LogP contribution >= 0.6 is 0 Å². The standard InChI is InChI=1S/C30H44O5/c1-18(2)9-8-10-20(27(34)35)26-24(31)17-30(7)23-12-11-21(19(3)4)28(5,15-14-25(32)33)22(23)13-16-29(26,30)6/h9,12-13,20-21,24,26,31H,3,8,10-11,14-17H2,1-2,4-7H3,(H,32,33)(H,34,35)/t20?,21-,24+,26-,28-,29+,30-/m0/s1. The molecule has 3 N–H and O–H groups in total. The van der Waals surface area contributed by atoms with E-state index in [0.717, 1.165) is 12.0 Å². The minimum atomic E-state index is -0.831. The normalized spacial score (nSPS) is 36.8. The van der Waals surface area contributed by atoms with Crippen molar-refractivity contribution in [2.24, 2.45) is 34.0 Å². The number of aliphatic carboxylic acids is 2. The molecule has 0 aliphatic heterocycles. The summed E-state index contributed by atoms with van der Waals surface area (Å²) in [5.74, 6) is -2.44. The van der Waals surface area contributed by atoms with Crippen molar-refractivity contribution in [2.75, 3.05) is 0 Å². The van der Waals surface area contributed by atoms with Gasteiger partial charge in [0.1, 0.15) is 0 Å². The first-order valence-electron chi connectivity index (χ1n) is 13.0. The van der Waals surface area contributed by atoms with Gasteiger partial charge in [-0.1, -0.05) is 56.7 Å². The average Bonchev–Trinajstić information content (AvgIpc) is 2.95. The van der Waals surface area contributed by atoms with E-state index in [2.05, 4.69) is 45.6 Å². The minimum Gasteiger partial charge on any atom is -0.481 e. The zero-order valence-electron chi connectivity index (χ0n) is 22.4. The molecule has 1 saturated carbocycles. The topological polar surface area (TPSA) is 94.8 Å². The van der Waals surface area contributed by atoms with E-state index in [9.17, 15) is 24.9 Å². The van der Waals surface area contributed by atoms with Gasteiger partial charge in [0.25, 0.3) is 0 Å². The fraction of sp³-hybridized carbons (Fsp3) is 0.667. The molecule has 3 aliphatic carbocycles. The van der Waals surface area contributed by atoms with Gasteiger partial charge < -0.3 is 15.3 Å². The van der Waals surface area contributed by atoms with E-state index >= 15 is 0 Å². The first kappa shape index (κ1) is 27.4. The third kappa shape index (κ3) is 4.57. The van der Waals surface area contributed by atoms with Crippen molar-refractivity contribution in [1.82, 2.24) is 0 Å². The Kier molecular flexibility index (Phi) is 7.63. The van der Waals surface area contributed by atoms with Gasteiger partial charge in [0, 0.05) is 17.8 Å². The summed E-state index contributed by atoms with van der Waals surface area (Å²) in [5, 5.41) is 31.1. The number of hydrogen-bond donors (Lipinski definition) is 3. The number of carboxylic acids is 2. The first-order chi connectivity index (χ1) is 16.2. The summed E-state index contributed by atoms with van der Waals surface area (Å²) in [5.41, 5.74) is 3.46. The largest absolute Gasteiger partial charge is 0.481 e. The molecule has 0 aromatic rings. The molecule has 0 saturated heterocycles. The zero-order valence-corrected chi connectivity index (χ0v) is 22.4. The number of fused-ring (bicyclic) bond motifs is 3. The molecule has 3 rings (SSSR count). The lowest BCUT2D eigenvalue weighted by Gasteiger charge is -2.56. The number of allylic oxidation sites excluding steroid dienone is 7. The van der Waals surface area contributed by atoms with Crippen LogP contribution in [0.5, 0.6) is 0 Å². The van der Waals surface area contributed by atoms with Crippen LogP contribution in [0.25, 0.3) is 0 Å². The molecule has 0 spiro atoms. The van der Waals surface area contributed by atoms with Crippen LogP contribution in [-0.2, 0) is 9.59 Å². The van der Waals surface area contributed by atoms with Crippen molar-refractivity contribution >= 4 is 11.9 Å². The molecule has 1 unspecified atom stereocenters. The summed E-state index contributed by atoms with van der Waals surface area (Å²) in [6, 6.07) is 0. The first-order valence-corrected chi connectivity index (χ1v) is 13.0. The van der Waals surface area contributed by atoms with Gasteiger partial charge in [-0.05, 0) is 87.2 Å². The van der Waals surface area contributed by atoms with Crippen LogP contribution in [0.2, 0.25) is 0 Å². The Hall–Kier alpha value is -2.14. The van der Waals surface area contributed by atoms with Crippen molar-refractivity contribution in [3.05, 3.63) is 47.1 Å². The Labute approximate surface area is 210 Å². The van der Waals surface area contributed by atoms with Gasteiger partial charge in [-0.2, -0.15) is 0 Å². The number of rotatable bonds is 9. The third-order valence-electron chi connectivity index (χ3n) is 9.82. The Bertz CT molecular complexity index is 983. The molecule has 5 nitrogen and oxygen atoms in total. The third-order valence-corrected chi connectivity index (χ3v) is 9.82. The van der Waals surface area contributed by atoms with Crippen molar-refractivity contribution < 1.29 is 24.9 Å². The minimum absolute atomic E-state index is 0.0928. The van der Waals surface area contributed by atoms with Gasteiger partial charge in [-0.25, -0.2) is 0 Å². The van der Waals surface area contributed by atoms with Gasteiger partial charge in [0.05, 0.1) is 12.0 Å². The fourth-order valence-electron chi connectivity index (χ4n) is 7.77. The highest BCUT2D eigenvalue weighted by molar-refractivity contribution is 5.71. The number of aliphatic hydroxyl groups is 1. The number of carbonyl (C=O) groups is 2. The van der Waals surface area contributed by atoms with Gasteiger partial charge in [-0.3, -0.25) is 9.59 Å². The van der Waals surface area contributed by atoms with E-state index in [-0.39, 0.29) is 29.1 Å². The highest BCUT2D eigenvalue weighted by Crippen LogP contribution is 2.70. The molecule has 3 aliphatic rings. The highest BCUT2D eigenvalue weighted by Gasteiger charge is 2.65. The van der Waals surface area contributed by atoms with E-state index in [4.69, 9.17) is 0 Å². The second kappa shape index (κ2) is 9.72. The van der Waals surface area contributed by atoms with Crippen LogP contribution in [0.3, 0.4) is 0 Å². The summed E-state index contributed by atoms with van der Waals surface area (Å²) in [4.78, 5) is 24.0. The van der Waals surface area contributed by atoms with Crippen molar-refractivity contribution in [3.8, 4) is 0 Å². The molecule has 0 amide bonds. The molecular formula is C30H44O5. The average molecular weight is 485 g/mol. The highest BCUT2D eigenvalue weighted by atomic mass is 16.4. The molecule has 0 heterocycles. The van der Waals surface area contributed by atoms with Gasteiger partial charge in [-0.15, -0.1) is 0 Å². The molecule has 0 aromatic carbocycles. The summed E-state index contributed by atoms with van der Waals surface area (Å²) in [7, 11) is 0. The molecular weight excluding hydrogens is 440 g/mol. The SMILES string of the molecule is C=C(C)[C@@H]1CC=C2C(=CC[C@]3(C)[C@@H](C(CCC=C(C)C)C(=O)O)[C@H](O)C[C@@]23C)[C@@]1(C)CCC(=O)O. The van der Waals surface area contributed by atoms with Crippen LogP contribution in [0.1, 0.15) is 86.5 Å². The van der Waals surface area contributed by atoms with E-state index in [1.54, 1.807) is 0 Å². The predicted octanol–water partition coefficient (Wildman–Crippen LogP) is 6.55. The molecule has 7 atom stereocenters. The van der Waals surface area contributed by atoms with Crippen LogP contribution in [0.4, 0.5) is 0 Å². The second-order valence-corrected chi connectivity index (χ2v) is 12.2. The maximum atomic E-state index is 12.5. The summed E-state index contributed by atoms with van der Waals surface area (Å²) in [6.45, 7) is 16.8. The van der Waals surface area contributed by atoms with Gasteiger partial charge in [0.15, 0.2) is 0 Å². The van der Waals surface area contributed by atoms with E-state index in [0.29, 0.717) is 32.1 Å².